The fourth-order valence-electron chi connectivity index (χ4n) is 4.66. The molecule has 0 saturated heterocycles. The lowest BCUT2D eigenvalue weighted by Gasteiger charge is -2.37. The van der Waals surface area contributed by atoms with Gasteiger partial charge in [-0.25, -0.2) is 0 Å². The van der Waals surface area contributed by atoms with Crippen LogP contribution in [0, 0.1) is 16.0 Å². The van der Waals surface area contributed by atoms with Gasteiger partial charge in [0.1, 0.15) is 0 Å². The van der Waals surface area contributed by atoms with Gasteiger partial charge in [0.2, 0.25) is 0 Å². The Bertz CT molecular complexity index is 1050. The highest BCUT2D eigenvalue weighted by molar-refractivity contribution is 9.10. The van der Waals surface area contributed by atoms with Gasteiger partial charge in [-0.05, 0) is 52.8 Å². The Labute approximate surface area is 165 Å². The summed E-state index contributed by atoms with van der Waals surface area (Å²) in [6.07, 6.45) is 0.969. The number of fused-ring (bicyclic) bond motifs is 5. The van der Waals surface area contributed by atoms with Crippen LogP contribution in [0.25, 0.3) is 0 Å². The second kappa shape index (κ2) is 6.20. The Morgan fingerprint density at radius 3 is 2.56 bits per heavy atom. The van der Waals surface area contributed by atoms with Crippen molar-refractivity contribution in [2.75, 3.05) is 5.32 Å². The van der Waals surface area contributed by atoms with E-state index in [1.807, 2.05) is 6.07 Å². The molecule has 1 N–H and O–H groups in total. The lowest BCUT2D eigenvalue weighted by atomic mass is 9.75. The molecule has 5 heteroatoms. The minimum atomic E-state index is -0.309. The summed E-state index contributed by atoms with van der Waals surface area (Å²) in [5.41, 5.74) is 6.06. The minimum absolute atomic E-state index is 0.153. The SMILES string of the molecule is O=[N+]([O-])c1ccc2c(c1)[C@@H]1c3ccccc3C[C@@H]1[C@H](c1ccc(Br)cc1)N2. The molecule has 0 fully saturated rings. The van der Waals surface area contributed by atoms with Gasteiger partial charge in [0.25, 0.3) is 5.69 Å². The quantitative estimate of drug-likeness (QED) is 0.419. The van der Waals surface area contributed by atoms with E-state index in [1.54, 1.807) is 12.1 Å². The van der Waals surface area contributed by atoms with Crippen LogP contribution >= 0.6 is 15.9 Å². The number of rotatable bonds is 2. The first-order chi connectivity index (χ1) is 13.1. The third-order valence-electron chi connectivity index (χ3n) is 5.82. The van der Waals surface area contributed by atoms with Crippen LogP contribution in [0.3, 0.4) is 0 Å². The van der Waals surface area contributed by atoms with Crippen LogP contribution in [0.2, 0.25) is 0 Å². The average Bonchev–Trinajstić information content (AvgIpc) is 3.07. The molecular formula is C22H17BrN2O2. The maximum absolute atomic E-state index is 11.3. The van der Waals surface area contributed by atoms with E-state index >= 15 is 0 Å². The molecule has 3 atom stereocenters. The van der Waals surface area contributed by atoms with Crippen LogP contribution in [0.5, 0.6) is 0 Å². The summed E-state index contributed by atoms with van der Waals surface area (Å²) in [4.78, 5) is 11.0. The van der Waals surface area contributed by atoms with Crippen molar-refractivity contribution in [3.05, 3.63) is 104 Å². The van der Waals surface area contributed by atoms with Crippen molar-refractivity contribution in [2.24, 2.45) is 5.92 Å². The molecule has 3 aromatic carbocycles. The van der Waals surface area contributed by atoms with E-state index in [2.05, 4.69) is 69.8 Å². The second-order valence-corrected chi connectivity index (χ2v) is 8.16. The first-order valence-electron chi connectivity index (χ1n) is 9.00. The van der Waals surface area contributed by atoms with Crippen molar-refractivity contribution in [2.45, 2.75) is 18.4 Å². The van der Waals surface area contributed by atoms with Crippen molar-refractivity contribution in [1.82, 2.24) is 0 Å². The Hall–Kier alpha value is -2.66. The Kier molecular flexibility index (Phi) is 3.79. The average molecular weight is 421 g/mol. The lowest BCUT2D eigenvalue weighted by Crippen LogP contribution is -2.30. The van der Waals surface area contributed by atoms with Crippen LogP contribution in [0.4, 0.5) is 11.4 Å². The van der Waals surface area contributed by atoms with Gasteiger partial charge < -0.3 is 5.32 Å². The van der Waals surface area contributed by atoms with Crippen LogP contribution in [0.15, 0.2) is 71.2 Å². The van der Waals surface area contributed by atoms with Gasteiger partial charge in [-0.2, -0.15) is 0 Å². The maximum Gasteiger partial charge on any atom is 0.269 e. The largest absolute Gasteiger partial charge is 0.378 e. The van der Waals surface area contributed by atoms with E-state index in [-0.39, 0.29) is 22.6 Å². The summed E-state index contributed by atoms with van der Waals surface area (Å²) in [6, 6.07) is 22.3. The third kappa shape index (κ3) is 2.65. The van der Waals surface area contributed by atoms with Gasteiger partial charge >= 0.3 is 0 Å². The molecule has 27 heavy (non-hydrogen) atoms. The standard InChI is InChI=1S/C22H17BrN2O2/c23-15-7-5-13(6-8-15)22-19-11-14-3-1-2-4-17(14)21(19)18-12-16(25(26)27)9-10-20(18)24-22/h1-10,12,19,21-22,24H,11H2/t19-,21-,22-/m0/s1. The molecular weight excluding hydrogens is 404 g/mol. The maximum atomic E-state index is 11.3. The first kappa shape index (κ1) is 16.5. The van der Waals surface area contributed by atoms with E-state index in [0.29, 0.717) is 5.92 Å². The zero-order valence-electron chi connectivity index (χ0n) is 14.4. The number of anilines is 1. The Morgan fingerprint density at radius 2 is 1.78 bits per heavy atom. The third-order valence-corrected chi connectivity index (χ3v) is 6.35. The zero-order valence-corrected chi connectivity index (χ0v) is 16.0. The molecule has 0 spiro atoms. The molecule has 1 aliphatic heterocycles. The van der Waals surface area contributed by atoms with Gasteiger partial charge in [-0.15, -0.1) is 0 Å². The number of nitro groups is 1. The Morgan fingerprint density at radius 1 is 1.00 bits per heavy atom. The summed E-state index contributed by atoms with van der Waals surface area (Å²) in [5, 5.41) is 15.0. The molecule has 1 aliphatic carbocycles. The van der Waals surface area contributed by atoms with Gasteiger partial charge in [-0.1, -0.05) is 52.3 Å². The van der Waals surface area contributed by atoms with Crippen LogP contribution < -0.4 is 5.32 Å². The molecule has 3 aromatic rings. The highest BCUT2D eigenvalue weighted by atomic mass is 79.9. The molecule has 0 unspecified atom stereocenters. The Balaban J connectivity index is 1.68. The molecule has 1 heterocycles. The van der Waals surface area contributed by atoms with Gasteiger partial charge in [0.15, 0.2) is 0 Å². The number of non-ortho nitro benzene ring substituents is 1. The van der Waals surface area contributed by atoms with Crippen molar-refractivity contribution in [3.8, 4) is 0 Å². The molecule has 0 radical (unpaired) electrons. The van der Waals surface area contributed by atoms with Gasteiger partial charge in [-0.3, -0.25) is 10.1 Å². The van der Waals surface area contributed by atoms with Crippen LogP contribution in [-0.4, -0.2) is 4.92 Å². The lowest BCUT2D eigenvalue weighted by molar-refractivity contribution is -0.384. The van der Waals surface area contributed by atoms with E-state index in [4.69, 9.17) is 0 Å². The van der Waals surface area contributed by atoms with Crippen molar-refractivity contribution in [1.29, 1.82) is 0 Å². The smallest absolute Gasteiger partial charge is 0.269 e. The van der Waals surface area contributed by atoms with Crippen LogP contribution in [0.1, 0.15) is 34.2 Å². The topological polar surface area (TPSA) is 55.2 Å². The summed E-state index contributed by atoms with van der Waals surface area (Å²) < 4.78 is 1.06. The number of hydrogen-bond donors (Lipinski definition) is 1. The highest BCUT2D eigenvalue weighted by Crippen LogP contribution is 2.54. The number of nitro benzene ring substituents is 1. The monoisotopic (exact) mass is 420 g/mol. The normalized spacial score (nSPS) is 22.3. The van der Waals surface area contributed by atoms with E-state index in [1.165, 1.54) is 16.7 Å². The predicted molar refractivity (Wildman–Crippen MR) is 109 cm³/mol. The van der Waals surface area contributed by atoms with E-state index in [0.717, 1.165) is 22.1 Å². The zero-order chi connectivity index (χ0) is 18.5. The summed E-state index contributed by atoms with van der Waals surface area (Å²) in [7, 11) is 0. The number of nitrogens with zero attached hydrogens (tertiary/aromatic N) is 1. The fraction of sp³-hybridized carbons (Fsp3) is 0.182. The molecule has 0 saturated carbocycles. The molecule has 5 rings (SSSR count). The number of halogens is 1. The number of nitrogens with one attached hydrogen (secondary N) is 1. The highest BCUT2D eigenvalue weighted by Gasteiger charge is 2.43. The second-order valence-electron chi connectivity index (χ2n) is 7.25. The predicted octanol–water partition coefficient (Wildman–Crippen LogP) is 5.83. The van der Waals surface area contributed by atoms with Crippen LogP contribution in [-0.2, 0) is 6.42 Å². The molecule has 134 valence electrons. The molecule has 4 nitrogen and oxygen atoms in total. The minimum Gasteiger partial charge on any atom is -0.378 e. The fourth-order valence-corrected chi connectivity index (χ4v) is 4.93. The van der Waals surface area contributed by atoms with E-state index < -0.39 is 0 Å². The molecule has 2 aliphatic rings. The summed E-state index contributed by atoms with van der Waals surface area (Å²) in [5.74, 6) is 0.504. The molecule has 0 aromatic heterocycles. The van der Waals surface area contributed by atoms with Crippen molar-refractivity contribution in [3.63, 3.8) is 0 Å². The van der Waals surface area contributed by atoms with Gasteiger partial charge in [0.05, 0.1) is 11.0 Å². The van der Waals surface area contributed by atoms with E-state index in [9.17, 15) is 10.1 Å². The first-order valence-corrected chi connectivity index (χ1v) is 9.79. The van der Waals surface area contributed by atoms with Crippen molar-refractivity contribution < 1.29 is 4.92 Å². The number of benzene rings is 3. The summed E-state index contributed by atoms with van der Waals surface area (Å²) >= 11 is 3.51. The number of hydrogen-bond acceptors (Lipinski definition) is 3. The molecule has 0 bridgehead atoms. The van der Waals surface area contributed by atoms with Crippen molar-refractivity contribution >= 4 is 27.3 Å². The summed E-state index contributed by atoms with van der Waals surface area (Å²) in [6.45, 7) is 0. The van der Waals surface area contributed by atoms with Gasteiger partial charge in [0, 0.05) is 28.2 Å². The molecule has 0 amide bonds.